The zero-order valence-electron chi connectivity index (χ0n) is 17.3. The molecule has 7 nitrogen and oxygen atoms in total. The fourth-order valence-corrected chi connectivity index (χ4v) is 4.18. The lowest BCUT2D eigenvalue weighted by atomic mass is 10.0. The van der Waals surface area contributed by atoms with Crippen molar-refractivity contribution in [2.45, 2.75) is 39.3 Å². The molecule has 1 saturated carbocycles. The van der Waals surface area contributed by atoms with E-state index in [0.29, 0.717) is 10.2 Å². The van der Waals surface area contributed by atoms with Gasteiger partial charge in [-0.3, -0.25) is 19.0 Å². The van der Waals surface area contributed by atoms with Gasteiger partial charge in [-0.1, -0.05) is 18.2 Å². The van der Waals surface area contributed by atoms with Crippen LogP contribution >= 0.6 is 11.3 Å². The zero-order chi connectivity index (χ0) is 21.4. The largest absolute Gasteiger partial charge is 0.352 e. The van der Waals surface area contributed by atoms with Crippen molar-refractivity contribution in [2.24, 2.45) is 0 Å². The number of aryl methyl sites for hydroxylation is 2. The van der Waals surface area contributed by atoms with Gasteiger partial charge in [-0.2, -0.15) is 0 Å². The Morgan fingerprint density at radius 1 is 1.27 bits per heavy atom. The first-order valence-electron chi connectivity index (χ1n) is 9.91. The van der Waals surface area contributed by atoms with Crippen LogP contribution < -0.4 is 10.9 Å². The van der Waals surface area contributed by atoms with Gasteiger partial charge in [-0.05, 0) is 43.4 Å². The molecule has 0 radical (unpaired) electrons. The van der Waals surface area contributed by atoms with E-state index >= 15 is 0 Å². The molecule has 0 bridgehead atoms. The smallest absolute Gasteiger partial charge is 0.263 e. The zero-order valence-corrected chi connectivity index (χ0v) is 18.1. The van der Waals surface area contributed by atoms with Gasteiger partial charge in [0, 0.05) is 24.0 Å². The maximum atomic E-state index is 13.1. The second-order valence-electron chi connectivity index (χ2n) is 7.90. The average molecular weight is 425 g/mol. The molecule has 156 valence electrons. The van der Waals surface area contributed by atoms with Crippen LogP contribution in [0.5, 0.6) is 0 Å². The van der Waals surface area contributed by atoms with E-state index in [1.165, 1.54) is 32.7 Å². The van der Waals surface area contributed by atoms with Gasteiger partial charge in [0.2, 0.25) is 11.8 Å². The number of rotatable bonds is 6. The molecule has 1 aliphatic rings. The van der Waals surface area contributed by atoms with E-state index in [4.69, 9.17) is 0 Å². The number of thiophene rings is 1. The van der Waals surface area contributed by atoms with Crippen LogP contribution in [-0.2, 0) is 16.1 Å². The lowest BCUT2D eigenvalue weighted by Crippen LogP contribution is -2.41. The van der Waals surface area contributed by atoms with Crippen molar-refractivity contribution >= 4 is 33.4 Å². The SMILES string of the molecule is Cc1ccc(-c2csc3ncn(CC(=O)N(C)CC(=O)NC4CC4)c(=O)c23)cc1C. The Balaban J connectivity index is 1.58. The minimum Gasteiger partial charge on any atom is -0.352 e. The van der Waals surface area contributed by atoms with Crippen LogP contribution in [0.15, 0.2) is 34.7 Å². The Bertz CT molecular complexity index is 1190. The summed E-state index contributed by atoms with van der Waals surface area (Å²) < 4.78 is 1.32. The molecule has 0 spiro atoms. The molecule has 3 aromatic rings. The van der Waals surface area contributed by atoms with Crippen molar-refractivity contribution in [1.29, 1.82) is 0 Å². The van der Waals surface area contributed by atoms with Crippen LogP contribution in [0.25, 0.3) is 21.3 Å². The maximum Gasteiger partial charge on any atom is 0.263 e. The Morgan fingerprint density at radius 3 is 2.73 bits per heavy atom. The highest BCUT2D eigenvalue weighted by molar-refractivity contribution is 7.17. The fraction of sp³-hybridized carbons (Fsp3) is 0.364. The third kappa shape index (κ3) is 4.14. The van der Waals surface area contributed by atoms with E-state index in [0.717, 1.165) is 29.5 Å². The number of likely N-dealkylation sites (N-methyl/N-ethyl adjacent to an activating group) is 1. The number of aromatic nitrogens is 2. The summed E-state index contributed by atoms with van der Waals surface area (Å²) in [6, 6.07) is 6.34. The van der Waals surface area contributed by atoms with E-state index in [1.54, 1.807) is 7.05 Å². The number of hydrogen-bond donors (Lipinski definition) is 1. The predicted molar refractivity (Wildman–Crippen MR) is 118 cm³/mol. The normalized spacial score (nSPS) is 13.4. The molecule has 2 aromatic heterocycles. The van der Waals surface area contributed by atoms with Crippen LogP contribution in [0.4, 0.5) is 0 Å². The molecule has 1 aromatic carbocycles. The first-order chi connectivity index (χ1) is 14.3. The van der Waals surface area contributed by atoms with E-state index in [9.17, 15) is 14.4 Å². The van der Waals surface area contributed by atoms with Crippen molar-refractivity contribution in [3.63, 3.8) is 0 Å². The first-order valence-corrected chi connectivity index (χ1v) is 10.8. The van der Waals surface area contributed by atoms with E-state index in [1.807, 2.05) is 31.4 Å². The monoisotopic (exact) mass is 424 g/mol. The standard InChI is InChI=1S/C22H24N4O3S/c1-13-4-5-15(8-14(13)2)17-11-30-21-20(17)22(29)26(12-23-21)10-19(28)25(3)9-18(27)24-16-6-7-16/h4-5,8,11-12,16H,6-7,9-10H2,1-3H3,(H,24,27). The molecule has 0 atom stereocenters. The highest BCUT2D eigenvalue weighted by Gasteiger charge is 2.24. The van der Waals surface area contributed by atoms with E-state index in [2.05, 4.69) is 16.4 Å². The molecule has 2 heterocycles. The summed E-state index contributed by atoms with van der Waals surface area (Å²) in [5, 5.41) is 5.31. The summed E-state index contributed by atoms with van der Waals surface area (Å²) in [5.41, 5.74) is 3.87. The minimum atomic E-state index is -0.313. The summed E-state index contributed by atoms with van der Waals surface area (Å²) in [6.45, 7) is 3.91. The number of fused-ring (bicyclic) bond motifs is 1. The molecule has 1 aliphatic carbocycles. The molecule has 0 saturated heterocycles. The van der Waals surface area contributed by atoms with Crippen LogP contribution in [0.1, 0.15) is 24.0 Å². The molecule has 8 heteroatoms. The van der Waals surface area contributed by atoms with Gasteiger partial charge in [0.25, 0.3) is 5.56 Å². The van der Waals surface area contributed by atoms with Gasteiger partial charge < -0.3 is 10.2 Å². The average Bonchev–Trinajstić information content (AvgIpc) is 3.40. The van der Waals surface area contributed by atoms with Crippen LogP contribution in [-0.4, -0.2) is 45.9 Å². The van der Waals surface area contributed by atoms with Gasteiger partial charge >= 0.3 is 0 Å². The number of benzene rings is 1. The Kier molecular flexibility index (Phi) is 5.42. The van der Waals surface area contributed by atoms with E-state index < -0.39 is 0 Å². The number of nitrogens with one attached hydrogen (secondary N) is 1. The van der Waals surface area contributed by atoms with Gasteiger partial charge in [-0.15, -0.1) is 11.3 Å². The van der Waals surface area contributed by atoms with Crippen molar-refractivity contribution in [3.8, 4) is 11.1 Å². The molecule has 30 heavy (non-hydrogen) atoms. The van der Waals surface area contributed by atoms with E-state index in [-0.39, 0.29) is 36.5 Å². The van der Waals surface area contributed by atoms with Crippen LogP contribution in [0.3, 0.4) is 0 Å². The minimum absolute atomic E-state index is 0.0217. The maximum absolute atomic E-state index is 13.1. The number of amides is 2. The summed E-state index contributed by atoms with van der Waals surface area (Å²) in [5.74, 6) is -0.490. The molecule has 4 rings (SSSR count). The molecule has 1 fully saturated rings. The Morgan fingerprint density at radius 2 is 2.03 bits per heavy atom. The van der Waals surface area contributed by atoms with Crippen LogP contribution in [0, 0.1) is 13.8 Å². The molecule has 2 amide bonds. The number of carbonyl (C=O) groups is 2. The highest BCUT2D eigenvalue weighted by Crippen LogP contribution is 2.31. The Hall–Kier alpha value is -3.00. The molecule has 1 N–H and O–H groups in total. The number of nitrogens with zero attached hydrogens (tertiary/aromatic N) is 3. The van der Waals surface area contributed by atoms with Gasteiger partial charge in [-0.25, -0.2) is 4.98 Å². The molecule has 0 unspecified atom stereocenters. The fourth-order valence-electron chi connectivity index (χ4n) is 3.27. The van der Waals surface area contributed by atoms with Crippen LogP contribution in [0.2, 0.25) is 0 Å². The summed E-state index contributed by atoms with van der Waals surface area (Å²) in [6.07, 6.45) is 3.39. The number of hydrogen-bond acceptors (Lipinski definition) is 5. The second-order valence-corrected chi connectivity index (χ2v) is 8.76. The molecular formula is C22H24N4O3S. The summed E-state index contributed by atoms with van der Waals surface area (Å²) in [7, 11) is 1.57. The third-order valence-electron chi connectivity index (χ3n) is 5.43. The summed E-state index contributed by atoms with van der Waals surface area (Å²) in [4.78, 5) is 44.0. The number of carbonyl (C=O) groups excluding carboxylic acids is 2. The molecule has 0 aliphatic heterocycles. The topological polar surface area (TPSA) is 84.3 Å². The third-order valence-corrected chi connectivity index (χ3v) is 6.32. The van der Waals surface area contributed by atoms with Gasteiger partial charge in [0.15, 0.2) is 0 Å². The van der Waals surface area contributed by atoms with Crippen molar-refractivity contribution in [2.75, 3.05) is 13.6 Å². The van der Waals surface area contributed by atoms with Gasteiger partial charge in [0.1, 0.15) is 11.4 Å². The Labute approximate surface area is 178 Å². The summed E-state index contributed by atoms with van der Waals surface area (Å²) >= 11 is 1.41. The lowest BCUT2D eigenvalue weighted by molar-refractivity contribution is -0.135. The van der Waals surface area contributed by atoms with Crippen molar-refractivity contribution < 1.29 is 9.59 Å². The predicted octanol–water partition coefficient (Wildman–Crippen LogP) is 2.48. The van der Waals surface area contributed by atoms with Gasteiger partial charge in [0.05, 0.1) is 18.3 Å². The quantitative estimate of drug-likeness (QED) is 0.659. The second kappa shape index (κ2) is 8.02. The molecular weight excluding hydrogens is 400 g/mol. The van der Waals surface area contributed by atoms with Crippen molar-refractivity contribution in [1.82, 2.24) is 19.8 Å². The highest BCUT2D eigenvalue weighted by atomic mass is 32.1. The lowest BCUT2D eigenvalue weighted by Gasteiger charge is -2.17. The van der Waals surface area contributed by atoms with Crippen molar-refractivity contribution in [3.05, 3.63) is 51.4 Å². The first kappa shape index (κ1) is 20.3.